The van der Waals surface area contributed by atoms with Crippen LogP contribution < -0.4 is 10.1 Å². The lowest BCUT2D eigenvalue weighted by molar-refractivity contribution is -0.142. The molecule has 0 unspecified atom stereocenters. The summed E-state index contributed by atoms with van der Waals surface area (Å²) in [5.41, 5.74) is -3.55. The zero-order valence-corrected chi connectivity index (χ0v) is 21.9. The topological polar surface area (TPSA) is 161 Å². The number of nitrogens with zero attached hydrogens (tertiary/aromatic N) is 4. The first-order chi connectivity index (χ1) is 18.0. The van der Waals surface area contributed by atoms with Crippen LogP contribution >= 0.6 is 19.2 Å². The van der Waals surface area contributed by atoms with Gasteiger partial charge in [0.05, 0.1) is 12.1 Å². The molecule has 0 saturated carbocycles. The quantitative estimate of drug-likeness (QED) is 0.214. The number of phosphoric acid groups is 1. The van der Waals surface area contributed by atoms with Gasteiger partial charge in [-0.15, -0.1) is 11.3 Å². The van der Waals surface area contributed by atoms with Crippen LogP contribution in [0.15, 0.2) is 33.8 Å². The first kappa shape index (κ1) is 30.1. The Morgan fingerprint density at radius 1 is 1.23 bits per heavy atom. The van der Waals surface area contributed by atoms with Crippen molar-refractivity contribution in [2.24, 2.45) is 4.99 Å². The summed E-state index contributed by atoms with van der Waals surface area (Å²) in [5, 5.41) is 14.1. The van der Waals surface area contributed by atoms with Crippen LogP contribution in [-0.4, -0.2) is 63.2 Å². The van der Waals surface area contributed by atoms with Gasteiger partial charge in [-0.3, -0.25) is 34.1 Å². The predicted octanol–water partition coefficient (Wildman–Crippen LogP) is 2.17. The van der Waals surface area contributed by atoms with Crippen LogP contribution in [0.1, 0.15) is 12.0 Å². The average Bonchev–Trinajstić information content (AvgIpc) is 3.28. The molecule has 2 amide bonds. The second kappa shape index (κ2) is 11.0. The molecule has 12 nitrogen and oxygen atoms in total. The summed E-state index contributed by atoms with van der Waals surface area (Å²) in [4.78, 5) is 46.9. The van der Waals surface area contributed by atoms with E-state index in [0.717, 1.165) is 10.4 Å². The van der Waals surface area contributed by atoms with Gasteiger partial charge in [-0.05, 0) is 12.1 Å². The average molecular weight is 598 g/mol. The minimum atomic E-state index is -5.40. The van der Waals surface area contributed by atoms with E-state index in [1.165, 1.54) is 26.2 Å². The number of carbonyl (C=O) groups excluding carboxylic acids is 2. The van der Waals surface area contributed by atoms with Crippen molar-refractivity contribution >= 4 is 36.8 Å². The summed E-state index contributed by atoms with van der Waals surface area (Å²) in [7, 11) is -0.921. The number of hydrazine groups is 1. The molecule has 1 aromatic carbocycles. The van der Waals surface area contributed by atoms with E-state index in [0.29, 0.717) is 28.0 Å². The number of aromatic nitrogens is 1. The smallest absolute Gasteiger partial charge is 0.390 e. The molecule has 19 heteroatoms. The molecule has 0 aliphatic carbocycles. The number of amides is 2. The molecule has 39 heavy (non-hydrogen) atoms. The number of amidine groups is 1. The standard InChI is InChI=1S/C20H20F5N6O6PS/c1-27-11(14-17(26)29(2)30(3)18(14)33)6-13(32)28-19-31(8-37-38(34,35)36)12(7-39-19)9-4-5-10(21)15(16(9)22)20(23,24)25/h4-5,7,26-27H,6,8H2,1-3H3,(H2,34,35,36)/b14-11+,26-17?,28-19-. The fourth-order valence-corrected chi connectivity index (χ4v) is 4.65. The Morgan fingerprint density at radius 3 is 2.38 bits per heavy atom. The highest BCUT2D eigenvalue weighted by atomic mass is 32.1. The molecule has 0 bridgehead atoms. The number of nitrogens with one attached hydrogen (secondary N) is 2. The monoisotopic (exact) mass is 598 g/mol. The molecule has 0 atom stereocenters. The summed E-state index contributed by atoms with van der Waals surface area (Å²) in [6, 6.07) is 1.04. The van der Waals surface area contributed by atoms with E-state index in [2.05, 4.69) is 14.8 Å². The van der Waals surface area contributed by atoms with Crippen molar-refractivity contribution < 1.29 is 50.4 Å². The molecule has 4 N–H and O–H groups in total. The largest absolute Gasteiger partial charge is 0.471 e. The second-order valence-corrected chi connectivity index (χ2v) is 9.92. The van der Waals surface area contributed by atoms with Crippen LogP contribution in [0.5, 0.6) is 0 Å². The number of hydrogen-bond donors (Lipinski definition) is 4. The van der Waals surface area contributed by atoms with Crippen molar-refractivity contribution in [3.8, 4) is 11.3 Å². The Labute approximate surface area is 220 Å². The van der Waals surface area contributed by atoms with Gasteiger partial charge in [0.1, 0.15) is 29.5 Å². The van der Waals surface area contributed by atoms with Crippen molar-refractivity contribution in [1.29, 1.82) is 5.41 Å². The van der Waals surface area contributed by atoms with Gasteiger partial charge in [0.25, 0.3) is 11.8 Å². The van der Waals surface area contributed by atoms with Crippen molar-refractivity contribution in [2.75, 3.05) is 21.1 Å². The first-order valence-corrected chi connectivity index (χ1v) is 12.9. The van der Waals surface area contributed by atoms with Crippen LogP contribution in [0.4, 0.5) is 22.0 Å². The summed E-state index contributed by atoms with van der Waals surface area (Å²) in [5.74, 6) is -5.63. The van der Waals surface area contributed by atoms with Crippen molar-refractivity contribution in [3.63, 3.8) is 0 Å². The highest BCUT2D eigenvalue weighted by molar-refractivity contribution is 7.46. The van der Waals surface area contributed by atoms with E-state index in [4.69, 9.17) is 15.2 Å². The fourth-order valence-electron chi connectivity index (χ4n) is 3.48. The van der Waals surface area contributed by atoms with Gasteiger partial charge in [-0.1, -0.05) is 0 Å². The van der Waals surface area contributed by atoms with Crippen LogP contribution in [0.3, 0.4) is 0 Å². The number of rotatable bonds is 7. The third-order valence-corrected chi connectivity index (χ3v) is 6.79. The fraction of sp³-hybridized carbons (Fsp3) is 0.300. The van der Waals surface area contributed by atoms with E-state index in [9.17, 15) is 36.1 Å². The molecular weight excluding hydrogens is 578 g/mol. The van der Waals surface area contributed by atoms with Gasteiger partial charge in [0.2, 0.25) is 0 Å². The van der Waals surface area contributed by atoms with Crippen LogP contribution in [0.25, 0.3) is 11.3 Å². The molecule has 1 aliphatic rings. The number of hydrogen-bond acceptors (Lipinski definition) is 7. The van der Waals surface area contributed by atoms with Gasteiger partial charge < -0.3 is 15.1 Å². The summed E-state index contributed by atoms with van der Waals surface area (Å²) < 4.78 is 84.7. The van der Waals surface area contributed by atoms with Crippen LogP contribution in [0.2, 0.25) is 0 Å². The number of likely N-dealkylation sites (N-methyl/N-ethyl adjacent to an activating group) is 2. The highest BCUT2D eigenvalue weighted by Gasteiger charge is 2.39. The minimum Gasteiger partial charge on any atom is -0.390 e. The molecule has 2 aromatic rings. The Kier molecular flexibility index (Phi) is 8.47. The molecule has 1 aromatic heterocycles. The summed E-state index contributed by atoms with van der Waals surface area (Å²) >= 11 is 0.584. The van der Waals surface area contributed by atoms with E-state index >= 15 is 0 Å². The van der Waals surface area contributed by atoms with E-state index in [-0.39, 0.29) is 21.9 Å². The van der Waals surface area contributed by atoms with Crippen molar-refractivity contribution in [3.05, 3.63) is 50.8 Å². The molecule has 2 heterocycles. The van der Waals surface area contributed by atoms with Gasteiger partial charge in [-0.2, -0.15) is 18.2 Å². The lowest BCUT2D eigenvalue weighted by Gasteiger charge is -2.18. The number of alkyl halides is 3. The lowest BCUT2D eigenvalue weighted by atomic mass is 10.1. The number of halogens is 5. The zero-order valence-electron chi connectivity index (χ0n) is 20.2. The number of benzene rings is 1. The first-order valence-electron chi connectivity index (χ1n) is 10.5. The van der Waals surface area contributed by atoms with E-state index < -0.39 is 67.4 Å². The Morgan fingerprint density at radius 2 is 1.87 bits per heavy atom. The molecule has 1 fully saturated rings. The highest BCUT2D eigenvalue weighted by Crippen LogP contribution is 2.39. The summed E-state index contributed by atoms with van der Waals surface area (Å²) in [6.45, 7) is -1.08. The molecule has 1 saturated heterocycles. The Balaban J connectivity index is 2.12. The molecule has 1 aliphatic heterocycles. The lowest BCUT2D eigenvalue weighted by Crippen LogP contribution is -2.33. The zero-order chi connectivity index (χ0) is 29.4. The molecule has 0 radical (unpaired) electrons. The third-order valence-electron chi connectivity index (χ3n) is 5.47. The van der Waals surface area contributed by atoms with Gasteiger partial charge in [0.15, 0.2) is 10.6 Å². The van der Waals surface area contributed by atoms with E-state index in [1.807, 2.05) is 0 Å². The minimum absolute atomic E-state index is 0.0177. The third kappa shape index (κ3) is 6.25. The maximum absolute atomic E-state index is 14.8. The Hall–Kier alpha value is -3.44. The SMILES string of the molecule is CN/C(CC(=O)/N=c1\scc(-c2ccc(F)c(C(F)(F)F)c2F)n1COP(=O)(O)O)=C1\C(=N)N(C)N(C)C1=O. The van der Waals surface area contributed by atoms with Crippen molar-refractivity contribution in [1.82, 2.24) is 19.9 Å². The molecular formula is C20H20F5N6O6PS. The molecule has 212 valence electrons. The Bertz CT molecular complexity index is 1470. The van der Waals surface area contributed by atoms with Crippen molar-refractivity contribution in [2.45, 2.75) is 19.3 Å². The molecule has 0 spiro atoms. The van der Waals surface area contributed by atoms with Crippen LogP contribution in [0, 0.1) is 17.0 Å². The predicted molar refractivity (Wildman–Crippen MR) is 125 cm³/mol. The van der Waals surface area contributed by atoms with Gasteiger partial charge in [-0.25, -0.2) is 13.3 Å². The summed E-state index contributed by atoms with van der Waals surface area (Å²) in [6.07, 6.45) is -5.96. The van der Waals surface area contributed by atoms with Crippen LogP contribution in [-0.2, 0) is 31.6 Å². The van der Waals surface area contributed by atoms with Gasteiger partial charge >= 0.3 is 14.0 Å². The molecule has 3 rings (SSSR count). The van der Waals surface area contributed by atoms with E-state index in [1.54, 1.807) is 0 Å². The number of phosphoric ester groups is 1. The maximum Gasteiger partial charge on any atom is 0.471 e. The number of thiazole rings is 1. The maximum atomic E-state index is 14.8. The number of carbonyl (C=O) groups is 2. The van der Waals surface area contributed by atoms with Gasteiger partial charge in [0, 0.05) is 37.8 Å². The normalized spacial score (nSPS) is 16.4. The second-order valence-electron chi connectivity index (χ2n) is 7.85.